The molecule has 0 heterocycles. The van der Waals surface area contributed by atoms with Crippen molar-refractivity contribution in [3.63, 3.8) is 0 Å². The summed E-state index contributed by atoms with van der Waals surface area (Å²) in [6.45, 7) is 3.80. The van der Waals surface area contributed by atoms with Crippen LogP contribution in [0.4, 0.5) is 0 Å². The molecule has 3 rings (SSSR count). The number of hydrogen-bond donors (Lipinski definition) is 0. The molecule has 0 N–H and O–H groups in total. The molecule has 2 aromatic carbocycles. The summed E-state index contributed by atoms with van der Waals surface area (Å²) in [4.78, 5) is 25.6. The lowest BCUT2D eigenvalue weighted by molar-refractivity contribution is 0.0809. The van der Waals surface area contributed by atoms with E-state index in [4.69, 9.17) is 0 Å². The van der Waals surface area contributed by atoms with Gasteiger partial charge in [-0.1, -0.05) is 55.5 Å². The van der Waals surface area contributed by atoms with Crippen molar-refractivity contribution in [3.8, 4) is 0 Å². The van der Waals surface area contributed by atoms with Crippen molar-refractivity contribution in [2.24, 2.45) is 0 Å². The Labute approximate surface area is 118 Å². The Hall–Kier alpha value is -2.22. The standard InChI is InChI=1S/C18H16O2/c1-3-12-8-4-7-11-15(12)18(2)16(19)13-9-5-6-10-14(13)17(18)20/h4-11H,3H2,1-2H3. The second-order valence-corrected chi connectivity index (χ2v) is 5.34. The van der Waals surface area contributed by atoms with Gasteiger partial charge >= 0.3 is 0 Å². The fourth-order valence-electron chi connectivity index (χ4n) is 3.08. The first-order valence-corrected chi connectivity index (χ1v) is 6.87. The fourth-order valence-corrected chi connectivity index (χ4v) is 3.08. The van der Waals surface area contributed by atoms with E-state index in [-0.39, 0.29) is 11.6 Å². The van der Waals surface area contributed by atoms with Gasteiger partial charge in [0.1, 0.15) is 5.41 Å². The van der Waals surface area contributed by atoms with Crippen molar-refractivity contribution < 1.29 is 9.59 Å². The Morgan fingerprint density at radius 2 is 1.35 bits per heavy atom. The number of benzene rings is 2. The third kappa shape index (κ3) is 1.51. The molecule has 0 saturated carbocycles. The van der Waals surface area contributed by atoms with Gasteiger partial charge in [0.05, 0.1) is 0 Å². The highest BCUT2D eigenvalue weighted by Crippen LogP contribution is 2.40. The zero-order chi connectivity index (χ0) is 14.3. The summed E-state index contributed by atoms with van der Waals surface area (Å²) in [6, 6.07) is 14.8. The zero-order valence-corrected chi connectivity index (χ0v) is 11.6. The molecule has 2 heteroatoms. The summed E-state index contributed by atoms with van der Waals surface area (Å²) < 4.78 is 0. The minimum atomic E-state index is -1.07. The van der Waals surface area contributed by atoms with Crippen LogP contribution in [0.3, 0.4) is 0 Å². The Balaban J connectivity index is 2.25. The van der Waals surface area contributed by atoms with Gasteiger partial charge in [0, 0.05) is 11.1 Å². The molecule has 100 valence electrons. The van der Waals surface area contributed by atoms with E-state index in [1.165, 1.54) is 0 Å². The summed E-state index contributed by atoms with van der Waals surface area (Å²) >= 11 is 0. The van der Waals surface area contributed by atoms with Crippen LogP contribution in [-0.2, 0) is 11.8 Å². The number of carbonyl (C=O) groups excluding carboxylic acids is 2. The molecule has 20 heavy (non-hydrogen) atoms. The van der Waals surface area contributed by atoms with E-state index in [0.29, 0.717) is 11.1 Å². The molecule has 1 aliphatic rings. The number of hydrogen-bond acceptors (Lipinski definition) is 2. The highest BCUT2D eigenvalue weighted by Gasteiger charge is 2.50. The summed E-state index contributed by atoms with van der Waals surface area (Å²) in [7, 11) is 0. The summed E-state index contributed by atoms with van der Waals surface area (Å²) in [5, 5.41) is 0. The Morgan fingerprint density at radius 1 is 0.850 bits per heavy atom. The van der Waals surface area contributed by atoms with Gasteiger partial charge in [0.25, 0.3) is 0 Å². The smallest absolute Gasteiger partial charge is 0.181 e. The van der Waals surface area contributed by atoms with Gasteiger partial charge in [-0.05, 0) is 24.5 Å². The first-order valence-electron chi connectivity index (χ1n) is 6.87. The van der Waals surface area contributed by atoms with Crippen LogP contribution in [0.5, 0.6) is 0 Å². The average Bonchev–Trinajstić information content (AvgIpc) is 2.70. The average molecular weight is 264 g/mol. The van der Waals surface area contributed by atoms with Gasteiger partial charge in [-0.2, -0.15) is 0 Å². The van der Waals surface area contributed by atoms with E-state index in [9.17, 15) is 9.59 Å². The van der Waals surface area contributed by atoms with Gasteiger partial charge in [0.15, 0.2) is 11.6 Å². The van der Waals surface area contributed by atoms with Crippen molar-refractivity contribution in [3.05, 3.63) is 70.8 Å². The van der Waals surface area contributed by atoms with E-state index >= 15 is 0 Å². The van der Waals surface area contributed by atoms with Gasteiger partial charge in [-0.3, -0.25) is 9.59 Å². The molecule has 0 fully saturated rings. The summed E-state index contributed by atoms with van der Waals surface area (Å²) in [5.74, 6) is -0.169. The zero-order valence-electron chi connectivity index (χ0n) is 11.6. The molecule has 0 unspecified atom stereocenters. The molecule has 0 bridgehead atoms. The normalized spacial score (nSPS) is 16.3. The third-order valence-electron chi connectivity index (χ3n) is 4.26. The van der Waals surface area contributed by atoms with E-state index in [2.05, 4.69) is 0 Å². The van der Waals surface area contributed by atoms with Crippen molar-refractivity contribution in [1.29, 1.82) is 0 Å². The van der Waals surface area contributed by atoms with Gasteiger partial charge < -0.3 is 0 Å². The Bertz CT molecular complexity index is 678. The predicted octanol–water partition coefficient (Wildman–Crippen LogP) is 3.59. The molecule has 0 spiro atoms. The largest absolute Gasteiger partial charge is 0.293 e. The van der Waals surface area contributed by atoms with Gasteiger partial charge in [-0.25, -0.2) is 0 Å². The first kappa shape index (κ1) is 12.8. The number of ketones is 2. The number of aryl methyl sites for hydroxylation is 1. The van der Waals surface area contributed by atoms with Crippen LogP contribution in [0.1, 0.15) is 45.7 Å². The molecule has 1 aliphatic carbocycles. The fraction of sp³-hybridized carbons (Fsp3) is 0.222. The van der Waals surface area contributed by atoms with E-state index in [0.717, 1.165) is 17.5 Å². The van der Waals surface area contributed by atoms with Crippen LogP contribution >= 0.6 is 0 Å². The van der Waals surface area contributed by atoms with Crippen LogP contribution in [-0.4, -0.2) is 11.6 Å². The van der Waals surface area contributed by atoms with Crippen LogP contribution in [0.15, 0.2) is 48.5 Å². The van der Waals surface area contributed by atoms with Crippen LogP contribution in [0.25, 0.3) is 0 Å². The summed E-state index contributed by atoms with van der Waals surface area (Å²) in [5.41, 5.74) is 1.92. The molecule has 0 radical (unpaired) electrons. The quantitative estimate of drug-likeness (QED) is 0.777. The van der Waals surface area contributed by atoms with E-state index in [1.54, 1.807) is 19.1 Å². The maximum atomic E-state index is 12.8. The minimum Gasteiger partial charge on any atom is -0.293 e. The Morgan fingerprint density at radius 3 is 1.90 bits per heavy atom. The molecule has 0 amide bonds. The van der Waals surface area contributed by atoms with Crippen LogP contribution in [0, 0.1) is 0 Å². The minimum absolute atomic E-state index is 0.0843. The van der Waals surface area contributed by atoms with E-state index < -0.39 is 5.41 Å². The first-order chi connectivity index (χ1) is 9.60. The molecule has 2 aromatic rings. The molecule has 0 aliphatic heterocycles. The third-order valence-corrected chi connectivity index (χ3v) is 4.26. The van der Waals surface area contributed by atoms with E-state index in [1.807, 2.05) is 43.3 Å². The highest BCUT2D eigenvalue weighted by molar-refractivity contribution is 6.33. The van der Waals surface area contributed by atoms with Crippen LogP contribution in [0.2, 0.25) is 0 Å². The molecule has 0 aromatic heterocycles. The number of rotatable bonds is 2. The van der Waals surface area contributed by atoms with Crippen LogP contribution < -0.4 is 0 Å². The Kier molecular flexibility index (Phi) is 2.82. The SMILES string of the molecule is CCc1ccccc1C1(C)C(=O)c2ccccc2C1=O. The molecular weight excluding hydrogens is 248 g/mol. The predicted molar refractivity (Wildman–Crippen MR) is 78.3 cm³/mol. The molecule has 2 nitrogen and oxygen atoms in total. The monoisotopic (exact) mass is 264 g/mol. The molecule has 0 saturated heterocycles. The van der Waals surface area contributed by atoms with Crippen molar-refractivity contribution >= 4 is 11.6 Å². The second-order valence-electron chi connectivity index (χ2n) is 5.34. The van der Waals surface area contributed by atoms with Gasteiger partial charge in [0.2, 0.25) is 0 Å². The maximum Gasteiger partial charge on any atom is 0.181 e. The molecule has 0 atom stereocenters. The highest BCUT2D eigenvalue weighted by atomic mass is 16.2. The number of fused-ring (bicyclic) bond motifs is 1. The molecular formula is C18H16O2. The van der Waals surface area contributed by atoms with Crippen molar-refractivity contribution in [2.45, 2.75) is 25.7 Å². The lowest BCUT2D eigenvalue weighted by atomic mass is 9.75. The topological polar surface area (TPSA) is 34.1 Å². The van der Waals surface area contributed by atoms with Gasteiger partial charge in [-0.15, -0.1) is 0 Å². The van der Waals surface area contributed by atoms with Crippen molar-refractivity contribution in [2.75, 3.05) is 0 Å². The second kappa shape index (κ2) is 4.41. The van der Waals surface area contributed by atoms with Crippen molar-refractivity contribution in [1.82, 2.24) is 0 Å². The lowest BCUT2D eigenvalue weighted by Crippen LogP contribution is -2.35. The number of carbonyl (C=O) groups is 2. The summed E-state index contributed by atoms with van der Waals surface area (Å²) in [6.07, 6.45) is 0.808. The number of Topliss-reactive ketones (excluding diaryl/α,β-unsaturated/α-hetero) is 2. The maximum absolute atomic E-state index is 12.8. The lowest BCUT2D eigenvalue weighted by Gasteiger charge is -2.23.